The summed E-state index contributed by atoms with van der Waals surface area (Å²) in [4.78, 5) is 14.5. The largest absolute Gasteiger partial charge is 0.378 e. The van der Waals surface area contributed by atoms with E-state index < -0.39 is 0 Å². The highest BCUT2D eigenvalue weighted by Crippen LogP contribution is 2.43. The number of anilines is 2. The van der Waals surface area contributed by atoms with Gasteiger partial charge in [-0.15, -0.1) is 0 Å². The molecule has 29 heavy (non-hydrogen) atoms. The Labute approximate surface area is 174 Å². The molecule has 2 aromatic rings. The maximum Gasteiger partial charge on any atom is 0.224 e. The number of nitrogens with one attached hydrogen (secondary N) is 2. The Morgan fingerprint density at radius 1 is 1.10 bits per heavy atom. The summed E-state index contributed by atoms with van der Waals surface area (Å²) in [6.45, 7) is 8.35. The van der Waals surface area contributed by atoms with Crippen LogP contribution in [-0.2, 0) is 11.2 Å². The van der Waals surface area contributed by atoms with E-state index in [0.29, 0.717) is 5.92 Å². The van der Waals surface area contributed by atoms with Crippen LogP contribution in [0.5, 0.6) is 0 Å². The summed E-state index contributed by atoms with van der Waals surface area (Å²) in [5.74, 6) is 1.18. The molecule has 4 rings (SSSR count). The van der Waals surface area contributed by atoms with Gasteiger partial charge in [0.15, 0.2) is 0 Å². The Morgan fingerprint density at radius 2 is 1.83 bits per heavy atom. The highest BCUT2D eigenvalue weighted by Gasteiger charge is 2.38. The zero-order valence-corrected chi connectivity index (χ0v) is 17.8. The van der Waals surface area contributed by atoms with E-state index in [1.807, 2.05) is 11.0 Å². The van der Waals surface area contributed by atoms with Gasteiger partial charge in [-0.3, -0.25) is 4.79 Å². The molecule has 4 nitrogen and oxygen atoms in total. The summed E-state index contributed by atoms with van der Waals surface area (Å²) in [6.07, 6.45) is 3.61. The molecule has 2 N–H and O–H groups in total. The van der Waals surface area contributed by atoms with Gasteiger partial charge in [-0.25, -0.2) is 0 Å². The van der Waals surface area contributed by atoms with Gasteiger partial charge in [-0.05, 0) is 74.5 Å². The third kappa shape index (κ3) is 4.18. The fourth-order valence-electron chi connectivity index (χ4n) is 5.01. The second-order valence-corrected chi connectivity index (χ2v) is 8.77. The number of para-hydroxylation sites is 1. The van der Waals surface area contributed by atoms with Crippen LogP contribution in [0, 0.1) is 11.8 Å². The number of rotatable bonds is 4. The van der Waals surface area contributed by atoms with Gasteiger partial charge in [0.25, 0.3) is 0 Å². The molecule has 0 bridgehead atoms. The van der Waals surface area contributed by atoms with Crippen molar-refractivity contribution in [1.29, 1.82) is 0 Å². The van der Waals surface area contributed by atoms with Crippen molar-refractivity contribution in [2.45, 2.75) is 52.1 Å². The molecule has 2 aliphatic rings. The SMILES string of the molecule is CC(=O)N1c2ccc(CC3CCNCC3)cc2[C@H](Nc2ccccc2)[C@@H](C)[C@@H]1C. The van der Waals surface area contributed by atoms with E-state index in [0.717, 1.165) is 36.8 Å². The number of nitrogens with zero attached hydrogens (tertiary/aromatic N) is 1. The van der Waals surface area contributed by atoms with Crippen LogP contribution in [0.4, 0.5) is 11.4 Å². The second-order valence-electron chi connectivity index (χ2n) is 8.77. The first-order valence-electron chi connectivity index (χ1n) is 11.0. The molecule has 0 spiro atoms. The zero-order chi connectivity index (χ0) is 20.4. The first-order valence-corrected chi connectivity index (χ1v) is 11.0. The monoisotopic (exact) mass is 391 g/mol. The van der Waals surface area contributed by atoms with E-state index in [9.17, 15) is 4.79 Å². The van der Waals surface area contributed by atoms with E-state index in [2.05, 4.69) is 66.9 Å². The molecule has 1 fully saturated rings. The van der Waals surface area contributed by atoms with Gasteiger partial charge in [0.1, 0.15) is 0 Å². The molecule has 4 heteroatoms. The van der Waals surface area contributed by atoms with Crippen molar-refractivity contribution in [3.05, 3.63) is 59.7 Å². The number of piperidine rings is 1. The lowest BCUT2D eigenvalue weighted by Gasteiger charge is -2.44. The Balaban J connectivity index is 1.69. The minimum Gasteiger partial charge on any atom is -0.378 e. The number of carbonyl (C=O) groups is 1. The van der Waals surface area contributed by atoms with Crippen LogP contribution in [0.15, 0.2) is 48.5 Å². The molecule has 1 saturated heterocycles. The maximum atomic E-state index is 12.5. The van der Waals surface area contributed by atoms with Crippen molar-refractivity contribution < 1.29 is 4.79 Å². The van der Waals surface area contributed by atoms with Crippen LogP contribution >= 0.6 is 0 Å². The van der Waals surface area contributed by atoms with Crippen molar-refractivity contribution in [3.8, 4) is 0 Å². The molecule has 0 aliphatic carbocycles. The van der Waals surface area contributed by atoms with Crippen molar-refractivity contribution in [1.82, 2.24) is 5.32 Å². The van der Waals surface area contributed by atoms with Gasteiger partial charge in [-0.2, -0.15) is 0 Å². The Hall–Kier alpha value is -2.33. The summed E-state index contributed by atoms with van der Waals surface area (Å²) >= 11 is 0. The lowest BCUT2D eigenvalue weighted by atomic mass is 9.81. The zero-order valence-electron chi connectivity index (χ0n) is 17.8. The number of benzene rings is 2. The highest BCUT2D eigenvalue weighted by molar-refractivity contribution is 5.94. The maximum absolute atomic E-state index is 12.5. The quantitative estimate of drug-likeness (QED) is 0.789. The topological polar surface area (TPSA) is 44.4 Å². The third-order valence-corrected chi connectivity index (χ3v) is 6.80. The van der Waals surface area contributed by atoms with Crippen molar-refractivity contribution in [3.63, 3.8) is 0 Å². The van der Waals surface area contributed by atoms with E-state index in [4.69, 9.17) is 0 Å². The average molecular weight is 392 g/mol. The number of fused-ring (bicyclic) bond motifs is 1. The molecule has 0 radical (unpaired) electrons. The minimum absolute atomic E-state index is 0.120. The van der Waals surface area contributed by atoms with E-state index in [1.54, 1.807) is 6.92 Å². The fourth-order valence-corrected chi connectivity index (χ4v) is 5.01. The molecule has 2 heterocycles. The van der Waals surface area contributed by atoms with Gasteiger partial charge < -0.3 is 15.5 Å². The molecular weight excluding hydrogens is 358 g/mol. The van der Waals surface area contributed by atoms with Gasteiger partial charge in [0.05, 0.1) is 6.04 Å². The Bertz CT molecular complexity index is 844. The van der Waals surface area contributed by atoms with Crippen LogP contribution < -0.4 is 15.5 Å². The van der Waals surface area contributed by atoms with Gasteiger partial charge in [-0.1, -0.05) is 37.3 Å². The van der Waals surface area contributed by atoms with Crippen molar-refractivity contribution >= 4 is 17.3 Å². The molecule has 1 amide bonds. The Morgan fingerprint density at radius 3 is 2.52 bits per heavy atom. The van der Waals surface area contributed by atoms with Crippen molar-refractivity contribution in [2.24, 2.45) is 11.8 Å². The van der Waals surface area contributed by atoms with Crippen LogP contribution in [-0.4, -0.2) is 25.0 Å². The molecular formula is C25H33N3O. The minimum atomic E-state index is 0.120. The molecule has 0 saturated carbocycles. The summed E-state index contributed by atoms with van der Waals surface area (Å²) in [7, 11) is 0. The summed E-state index contributed by atoms with van der Waals surface area (Å²) in [5, 5.41) is 7.22. The fraction of sp³-hybridized carbons (Fsp3) is 0.480. The van der Waals surface area contributed by atoms with Crippen LogP contribution in [0.25, 0.3) is 0 Å². The lowest BCUT2D eigenvalue weighted by molar-refractivity contribution is -0.117. The first-order chi connectivity index (χ1) is 14.0. The van der Waals surface area contributed by atoms with Gasteiger partial charge in [0.2, 0.25) is 5.91 Å². The van der Waals surface area contributed by atoms with Crippen LogP contribution in [0.3, 0.4) is 0 Å². The number of hydrogen-bond acceptors (Lipinski definition) is 3. The van der Waals surface area contributed by atoms with Crippen LogP contribution in [0.1, 0.15) is 50.8 Å². The van der Waals surface area contributed by atoms with Crippen LogP contribution in [0.2, 0.25) is 0 Å². The summed E-state index contributed by atoms with van der Waals surface area (Å²) in [6, 6.07) is 17.5. The lowest BCUT2D eigenvalue weighted by Crippen LogP contribution is -2.48. The Kier molecular flexibility index (Phi) is 5.91. The highest BCUT2D eigenvalue weighted by atomic mass is 16.2. The van der Waals surface area contributed by atoms with Crippen molar-refractivity contribution in [2.75, 3.05) is 23.3 Å². The summed E-state index contributed by atoms with van der Waals surface area (Å²) in [5.41, 5.74) is 4.83. The molecule has 0 aromatic heterocycles. The molecule has 2 aliphatic heterocycles. The predicted molar refractivity (Wildman–Crippen MR) is 120 cm³/mol. The van der Waals surface area contributed by atoms with E-state index in [-0.39, 0.29) is 18.0 Å². The second kappa shape index (κ2) is 8.58. The molecule has 3 atom stereocenters. The number of carbonyl (C=O) groups excluding carboxylic acids is 1. The van der Waals surface area contributed by atoms with Gasteiger partial charge in [0, 0.05) is 30.3 Å². The number of hydrogen-bond donors (Lipinski definition) is 2. The van der Waals surface area contributed by atoms with E-state index in [1.165, 1.54) is 24.0 Å². The normalized spacial score (nSPS) is 24.8. The smallest absolute Gasteiger partial charge is 0.224 e. The predicted octanol–water partition coefficient (Wildman–Crippen LogP) is 4.77. The van der Waals surface area contributed by atoms with E-state index >= 15 is 0 Å². The molecule has 154 valence electrons. The summed E-state index contributed by atoms with van der Waals surface area (Å²) < 4.78 is 0. The first kappa shape index (κ1) is 20.0. The van der Waals surface area contributed by atoms with Gasteiger partial charge >= 0.3 is 0 Å². The third-order valence-electron chi connectivity index (χ3n) is 6.80. The standard InChI is InChI=1S/C25H33N3O/c1-17-18(2)28(19(3)29)24-10-9-21(15-20-11-13-26-14-12-20)16-23(24)25(17)27-22-7-5-4-6-8-22/h4-10,16-18,20,25-27H,11-15H2,1-3H3/t17-,18-,25+/m0/s1. The number of amides is 1. The molecule has 0 unspecified atom stereocenters. The molecule has 2 aromatic carbocycles. The average Bonchev–Trinajstić information content (AvgIpc) is 2.73.